The standard InChI is InChI=1S/C15H19Cl3N2S/c1-4-21-6-5-9(2)20-14-8-12(18)11(17)7-13(14)19-15(20)10(3)16/h7-10H,4-6H2,1-3H3. The molecule has 0 bridgehead atoms. The molecule has 2 aromatic rings. The van der Waals surface area contributed by atoms with Crippen LogP contribution >= 0.6 is 46.6 Å². The number of nitrogens with zero attached hydrogens (tertiary/aromatic N) is 2. The monoisotopic (exact) mass is 364 g/mol. The number of benzene rings is 1. The second-order valence-corrected chi connectivity index (χ2v) is 7.91. The van der Waals surface area contributed by atoms with Crippen LogP contribution in [0.4, 0.5) is 0 Å². The van der Waals surface area contributed by atoms with E-state index < -0.39 is 0 Å². The van der Waals surface area contributed by atoms with Gasteiger partial charge in [0.15, 0.2) is 0 Å². The van der Waals surface area contributed by atoms with E-state index in [1.807, 2.05) is 30.8 Å². The number of thioether (sulfide) groups is 1. The molecule has 0 N–H and O–H groups in total. The Morgan fingerprint density at radius 2 is 1.90 bits per heavy atom. The molecule has 0 aliphatic heterocycles. The van der Waals surface area contributed by atoms with E-state index in [9.17, 15) is 0 Å². The molecule has 1 aromatic heterocycles. The first-order valence-electron chi connectivity index (χ1n) is 7.04. The van der Waals surface area contributed by atoms with Crippen LogP contribution in [0.1, 0.15) is 44.4 Å². The largest absolute Gasteiger partial charge is 0.324 e. The molecule has 0 saturated carbocycles. The molecular weight excluding hydrogens is 347 g/mol. The van der Waals surface area contributed by atoms with Crippen molar-refractivity contribution in [3.05, 3.63) is 28.0 Å². The van der Waals surface area contributed by atoms with Gasteiger partial charge in [0, 0.05) is 6.04 Å². The third-order valence-corrected chi connectivity index (χ3v) is 5.29. The molecule has 0 aliphatic carbocycles. The molecule has 2 rings (SSSR count). The Hall–Kier alpha value is -0.0900. The van der Waals surface area contributed by atoms with Gasteiger partial charge in [-0.3, -0.25) is 0 Å². The van der Waals surface area contributed by atoms with Crippen LogP contribution in [0.15, 0.2) is 12.1 Å². The topological polar surface area (TPSA) is 17.8 Å². The van der Waals surface area contributed by atoms with E-state index in [2.05, 4.69) is 23.4 Å². The fourth-order valence-electron chi connectivity index (χ4n) is 2.38. The Balaban J connectivity index is 2.47. The summed E-state index contributed by atoms with van der Waals surface area (Å²) in [5.74, 6) is 3.13. The predicted molar refractivity (Wildman–Crippen MR) is 96.3 cm³/mol. The molecule has 0 aliphatic rings. The molecular formula is C15H19Cl3N2S. The van der Waals surface area contributed by atoms with E-state index in [-0.39, 0.29) is 5.38 Å². The molecule has 116 valence electrons. The van der Waals surface area contributed by atoms with Crippen molar-refractivity contribution in [2.75, 3.05) is 11.5 Å². The number of halogens is 3. The van der Waals surface area contributed by atoms with Gasteiger partial charge in [0.25, 0.3) is 0 Å². The summed E-state index contributed by atoms with van der Waals surface area (Å²) >= 11 is 20.5. The summed E-state index contributed by atoms with van der Waals surface area (Å²) in [6.45, 7) is 6.31. The van der Waals surface area contributed by atoms with Crippen molar-refractivity contribution < 1.29 is 0 Å². The lowest BCUT2D eigenvalue weighted by molar-refractivity contribution is 0.525. The average molecular weight is 366 g/mol. The quantitative estimate of drug-likeness (QED) is 0.438. The minimum absolute atomic E-state index is 0.156. The minimum atomic E-state index is -0.156. The molecule has 0 spiro atoms. The fourth-order valence-corrected chi connectivity index (χ4v) is 3.65. The number of alkyl halides is 1. The normalized spacial score (nSPS) is 14.6. The highest BCUT2D eigenvalue weighted by Crippen LogP contribution is 2.34. The van der Waals surface area contributed by atoms with Crippen LogP contribution < -0.4 is 0 Å². The van der Waals surface area contributed by atoms with E-state index >= 15 is 0 Å². The summed E-state index contributed by atoms with van der Waals surface area (Å²) in [6, 6.07) is 4.02. The van der Waals surface area contributed by atoms with Crippen molar-refractivity contribution in [3.8, 4) is 0 Å². The summed E-state index contributed by atoms with van der Waals surface area (Å²) < 4.78 is 2.20. The highest BCUT2D eigenvalue weighted by Gasteiger charge is 2.20. The zero-order valence-electron chi connectivity index (χ0n) is 12.4. The van der Waals surface area contributed by atoms with Crippen LogP contribution in [0, 0.1) is 0 Å². The smallest absolute Gasteiger partial charge is 0.127 e. The van der Waals surface area contributed by atoms with E-state index in [1.165, 1.54) is 0 Å². The maximum Gasteiger partial charge on any atom is 0.127 e. The highest BCUT2D eigenvalue weighted by molar-refractivity contribution is 7.99. The van der Waals surface area contributed by atoms with Crippen LogP contribution in [-0.4, -0.2) is 21.1 Å². The average Bonchev–Trinajstić information content (AvgIpc) is 2.78. The van der Waals surface area contributed by atoms with Crippen LogP contribution in [0.2, 0.25) is 10.0 Å². The first-order valence-corrected chi connectivity index (χ1v) is 9.39. The number of imidazole rings is 1. The molecule has 21 heavy (non-hydrogen) atoms. The summed E-state index contributed by atoms with van der Waals surface area (Å²) in [6.07, 6.45) is 1.07. The third kappa shape index (κ3) is 3.82. The van der Waals surface area contributed by atoms with E-state index in [1.54, 1.807) is 0 Å². The zero-order chi connectivity index (χ0) is 15.6. The summed E-state index contributed by atoms with van der Waals surface area (Å²) in [4.78, 5) is 4.64. The molecule has 0 saturated heterocycles. The van der Waals surface area contributed by atoms with E-state index in [0.717, 1.165) is 34.8 Å². The predicted octanol–water partition coefficient (Wildman–Crippen LogP) is 6.35. The Kier molecular flexibility index (Phi) is 6.13. The minimum Gasteiger partial charge on any atom is -0.324 e. The Morgan fingerprint density at radius 1 is 1.24 bits per heavy atom. The maximum absolute atomic E-state index is 6.31. The Labute approximate surface area is 145 Å². The molecule has 0 radical (unpaired) electrons. The van der Waals surface area contributed by atoms with Gasteiger partial charge in [0.2, 0.25) is 0 Å². The molecule has 1 heterocycles. The highest BCUT2D eigenvalue weighted by atomic mass is 35.5. The van der Waals surface area contributed by atoms with Gasteiger partial charge in [-0.15, -0.1) is 11.6 Å². The maximum atomic E-state index is 6.31. The molecule has 1 aromatic carbocycles. The molecule has 0 amide bonds. The van der Waals surface area contributed by atoms with Gasteiger partial charge >= 0.3 is 0 Å². The van der Waals surface area contributed by atoms with Gasteiger partial charge in [0.05, 0.1) is 26.5 Å². The molecule has 2 unspecified atom stereocenters. The van der Waals surface area contributed by atoms with Crippen molar-refractivity contribution in [2.45, 2.75) is 38.6 Å². The molecule has 6 heteroatoms. The van der Waals surface area contributed by atoms with Gasteiger partial charge in [-0.2, -0.15) is 11.8 Å². The van der Waals surface area contributed by atoms with Gasteiger partial charge < -0.3 is 4.57 Å². The van der Waals surface area contributed by atoms with Crippen LogP contribution in [0.5, 0.6) is 0 Å². The van der Waals surface area contributed by atoms with Crippen molar-refractivity contribution in [3.63, 3.8) is 0 Å². The van der Waals surface area contributed by atoms with Crippen LogP contribution in [0.3, 0.4) is 0 Å². The van der Waals surface area contributed by atoms with Crippen molar-refractivity contribution in [1.29, 1.82) is 0 Å². The number of rotatable bonds is 6. The summed E-state index contributed by atoms with van der Waals surface area (Å²) in [5.41, 5.74) is 1.85. The third-order valence-electron chi connectivity index (χ3n) is 3.44. The first kappa shape index (κ1) is 17.3. The zero-order valence-corrected chi connectivity index (χ0v) is 15.5. The first-order chi connectivity index (χ1) is 9.95. The number of hydrogen-bond donors (Lipinski definition) is 0. The summed E-state index contributed by atoms with van der Waals surface area (Å²) in [7, 11) is 0. The van der Waals surface area contributed by atoms with Crippen LogP contribution in [0.25, 0.3) is 11.0 Å². The lowest BCUT2D eigenvalue weighted by Gasteiger charge is -2.18. The lowest BCUT2D eigenvalue weighted by Crippen LogP contribution is -2.11. The van der Waals surface area contributed by atoms with E-state index in [4.69, 9.17) is 34.8 Å². The van der Waals surface area contributed by atoms with Crippen molar-refractivity contribution in [1.82, 2.24) is 9.55 Å². The van der Waals surface area contributed by atoms with Gasteiger partial charge in [0.1, 0.15) is 5.82 Å². The second kappa shape index (κ2) is 7.45. The number of aromatic nitrogens is 2. The van der Waals surface area contributed by atoms with E-state index in [0.29, 0.717) is 16.1 Å². The number of hydrogen-bond acceptors (Lipinski definition) is 2. The van der Waals surface area contributed by atoms with Gasteiger partial charge in [-0.1, -0.05) is 30.1 Å². The number of fused-ring (bicyclic) bond motifs is 1. The Bertz CT molecular complexity index is 625. The molecule has 2 nitrogen and oxygen atoms in total. The van der Waals surface area contributed by atoms with Crippen LogP contribution in [-0.2, 0) is 0 Å². The molecule has 2 atom stereocenters. The fraction of sp³-hybridized carbons (Fsp3) is 0.533. The second-order valence-electron chi connectivity index (χ2n) is 5.05. The SMILES string of the molecule is CCSCCC(C)n1c(C(C)Cl)nc2cc(Cl)c(Cl)cc21. The van der Waals surface area contributed by atoms with Gasteiger partial charge in [-0.25, -0.2) is 4.98 Å². The van der Waals surface area contributed by atoms with Crippen molar-refractivity contribution in [2.24, 2.45) is 0 Å². The van der Waals surface area contributed by atoms with Crippen molar-refractivity contribution >= 4 is 57.6 Å². The lowest BCUT2D eigenvalue weighted by atomic mass is 10.2. The molecule has 0 fully saturated rings. The Morgan fingerprint density at radius 3 is 2.52 bits per heavy atom. The van der Waals surface area contributed by atoms with Gasteiger partial charge in [-0.05, 0) is 43.9 Å². The summed E-state index contributed by atoms with van der Waals surface area (Å²) in [5, 5.41) is 0.919.